The summed E-state index contributed by atoms with van der Waals surface area (Å²) in [6, 6.07) is 8.77. The third-order valence-corrected chi connectivity index (χ3v) is 4.72. The summed E-state index contributed by atoms with van der Waals surface area (Å²) in [7, 11) is 2.65. The molecule has 1 rings (SSSR count). The van der Waals surface area contributed by atoms with Crippen LogP contribution in [0.5, 0.6) is 0 Å². The smallest absolute Gasteiger partial charge is 0.409 e. The van der Waals surface area contributed by atoms with Crippen molar-refractivity contribution in [1.82, 2.24) is 15.7 Å². The van der Waals surface area contributed by atoms with E-state index in [1.54, 1.807) is 71.9 Å². The molecule has 0 fully saturated rings. The zero-order valence-electron chi connectivity index (χ0n) is 21.6. The number of aliphatic carboxylic acids is 1. The fourth-order valence-corrected chi connectivity index (χ4v) is 3.16. The van der Waals surface area contributed by atoms with Gasteiger partial charge in [-0.2, -0.15) is 0 Å². The molecule has 0 saturated carbocycles. The van der Waals surface area contributed by atoms with Crippen molar-refractivity contribution in [3.05, 3.63) is 35.9 Å². The second-order valence-corrected chi connectivity index (χ2v) is 10.0. The Kier molecular flexibility index (Phi) is 10.1. The van der Waals surface area contributed by atoms with Crippen LogP contribution in [0.15, 0.2) is 30.3 Å². The van der Waals surface area contributed by atoms with Gasteiger partial charge in [-0.3, -0.25) is 20.3 Å². The topological polar surface area (TPSA) is 144 Å². The lowest BCUT2D eigenvalue weighted by Crippen LogP contribution is -2.71. The van der Waals surface area contributed by atoms with Crippen molar-refractivity contribution in [2.45, 2.75) is 71.2 Å². The van der Waals surface area contributed by atoms with Gasteiger partial charge in [0.1, 0.15) is 11.2 Å². The SMILES string of the molecule is CON(C)C(=O)CC(Cc1ccccc1)C(NC(=O)OC(C)(C)C)(NC(=O)OC(C)(C)C)C(=O)O. The van der Waals surface area contributed by atoms with Crippen LogP contribution in [-0.4, -0.2) is 65.3 Å². The first-order chi connectivity index (χ1) is 16.0. The van der Waals surface area contributed by atoms with Gasteiger partial charge in [-0.15, -0.1) is 0 Å². The van der Waals surface area contributed by atoms with Gasteiger partial charge in [0.2, 0.25) is 11.6 Å². The Labute approximate surface area is 206 Å². The van der Waals surface area contributed by atoms with Crippen molar-refractivity contribution >= 4 is 24.1 Å². The Bertz CT molecular complexity index is 860. The van der Waals surface area contributed by atoms with Crippen LogP contribution in [-0.2, 0) is 30.3 Å². The maximum Gasteiger partial charge on any atom is 0.409 e. The number of carboxylic acid groups (broad SMARTS) is 1. The molecule has 1 aromatic carbocycles. The van der Waals surface area contributed by atoms with Crippen LogP contribution in [0.2, 0.25) is 0 Å². The normalized spacial score (nSPS) is 12.8. The summed E-state index contributed by atoms with van der Waals surface area (Å²) in [5.41, 5.74) is -3.71. The van der Waals surface area contributed by atoms with Crippen LogP contribution in [0.25, 0.3) is 0 Å². The molecular weight excluding hydrogens is 458 g/mol. The van der Waals surface area contributed by atoms with Gasteiger partial charge in [-0.1, -0.05) is 30.3 Å². The minimum Gasteiger partial charge on any atom is -0.478 e. The Morgan fingerprint density at radius 2 is 1.37 bits per heavy atom. The van der Waals surface area contributed by atoms with Crippen LogP contribution in [0.4, 0.5) is 9.59 Å². The second kappa shape index (κ2) is 11.9. The number of alkyl carbamates (subject to hydrolysis) is 2. The van der Waals surface area contributed by atoms with E-state index in [4.69, 9.17) is 14.3 Å². The number of nitrogens with zero attached hydrogens (tertiary/aromatic N) is 1. The Morgan fingerprint density at radius 3 is 1.74 bits per heavy atom. The van der Waals surface area contributed by atoms with Crippen LogP contribution in [0.3, 0.4) is 0 Å². The van der Waals surface area contributed by atoms with Crippen molar-refractivity contribution in [1.29, 1.82) is 0 Å². The summed E-state index contributed by atoms with van der Waals surface area (Å²) >= 11 is 0. The van der Waals surface area contributed by atoms with E-state index < -0.39 is 53.3 Å². The van der Waals surface area contributed by atoms with Gasteiger partial charge in [0, 0.05) is 19.4 Å². The number of carbonyl (C=O) groups is 4. The van der Waals surface area contributed by atoms with Gasteiger partial charge in [-0.05, 0) is 53.5 Å². The molecule has 11 nitrogen and oxygen atoms in total. The predicted molar refractivity (Wildman–Crippen MR) is 127 cm³/mol. The molecule has 0 aliphatic heterocycles. The standard InChI is InChI=1S/C24H37N3O8/c1-22(2,3)34-20(31)25-24(19(29)30,26-21(32)35-23(4,5)6)17(15-18(28)27(7)33-8)14-16-12-10-9-11-13-16/h9-13,17H,14-15H2,1-8H3,(H,25,31)(H,26,32)(H,29,30). The molecule has 0 radical (unpaired) electrons. The van der Waals surface area contributed by atoms with Crippen LogP contribution < -0.4 is 10.6 Å². The number of rotatable bonds is 9. The highest BCUT2D eigenvalue weighted by molar-refractivity contribution is 5.89. The minimum atomic E-state index is -2.47. The Morgan fingerprint density at radius 1 is 0.914 bits per heavy atom. The third kappa shape index (κ3) is 9.81. The lowest BCUT2D eigenvalue weighted by Gasteiger charge is -2.39. The van der Waals surface area contributed by atoms with E-state index in [2.05, 4.69) is 10.6 Å². The molecule has 0 aliphatic rings. The summed E-state index contributed by atoms with van der Waals surface area (Å²) in [6.07, 6.45) is -2.60. The summed E-state index contributed by atoms with van der Waals surface area (Å²) in [6.45, 7) is 9.64. The summed E-state index contributed by atoms with van der Waals surface area (Å²) < 4.78 is 10.5. The number of amides is 3. The van der Waals surface area contributed by atoms with E-state index in [-0.39, 0.29) is 6.42 Å². The molecule has 0 aromatic heterocycles. The van der Waals surface area contributed by atoms with E-state index in [0.717, 1.165) is 5.06 Å². The minimum absolute atomic E-state index is 0.00201. The van der Waals surface area contributed by atoms with Crippen LogP contribution in [0.1, 0.15) is 53.5 Å². The lowest BCUT2D eigenvalue weighted by atomic mass is 9.83. The highest BCUT2D eigenvalue weighted by Gasteiger charge is 2.51. The maximum atomic E-state index is 12.8. The van der Waals surface area contributed by atoms with Crippen molar-refractivity contribution < 1.29 is 38.6 Å². The number of carbonyl (C=O) groups excluding carboxylic acids is 3. The second-order valence-electron chi connectivity index (χ2n) is 10.0. The van der Waals surface area contributed by atoms with Gasteiger partial charge >= 0.3 is 18.2 Å². The zero-order chi connectivity index (χ0) is 27.0. The van der Waals surface area contributed by atoms with Gasteiger partial charge < -0.3 is 14.6 Å². The number of benzene rings is 1. The van der Waals surface area contributed by atoms with Crippen molar-refractivity contribution in [3.8, 4) is 0 Å². The molecule has 1 aromatic rings. The fourth-order valence-electron chi connectivity index (χ4n) is 3.16. The monoisotopic (exact) mass is 495 g/mol. The zero-order valence-corrected chi connectivity index (χ0v) is 21.6. The van der Waals surface area contributed by atoms with Crippen molar-refractivity contribution in [3.63, 3.8) is 0 Å². The van der Waals surface area contributed by atoms with E-state index in [9.17, 15) is 24.3 Å². The molecule has 0 aliphatic carbocycles. The number of carboxylic acids is 1. The summed E-state index contributed by atoms with van der Waals surface area (Å²) in [5.74, 6) is -3.36. The first kappa shape index (κ1) is 29.7. The Hall–Kier alpha value is -3.34. The average molecular weight is 496 g/mol. The molecular formula is C24H37N3O8. The van der Waals surface area contributed by atoms with E-state index in [1.807, 2.05) is 0 Å². The van der Waals surface area contributed by atoms with Crippen molar-refractivity contribution in [2.24, 2.45) is 5.92 Å². The largest absolute Gasteiger partial charge is 0.478 e. The quantitative estimate of drug-likeness (QED) is 0.350. The molecule has 1 atom stereocenters. The third-order valence-electron chi connectivity index (χ3n) is 4.72. The maximum absolute atomic E-state index is 12.8. The van der Waals surface area contributed by atoms with Gasteiger partial charge in [0.25, 0.3) is 0 Å². The van der Waals surface area contributed by atoms with Gasteiger partial charge in [-0.25, -0.2) is 19.4 Å². The highest BCUT2D eigenvalue weighted by Crippen LogP contribution is 2.27. The number of hydrogen-bond donors (Lipinski definition) is 3. The van der Waals surface area contributed by atoms with E-state index in [0.29, 0.717) is 5.56 Å². The number of ether oxygens (including phenoxy) is 2. The van der Waals surface area contributed by atoms with Crippen LogP contribution >= 0.6 is 0 Å². The Balaban J connectivity index is 3.60. The lowest BCUT2D eigenvalue weighted by molar-refractivity contribution is -0.171. The first-order valence-electron chi connectivity index (χ1n) is 11.1. The number of hydroxylamine groups is 2. The summed E-state index contributed by atoms with van der Waals surface area (Å²) in [5, 5.41) is 15.9. The average Bonchev–Trinajstić information content (AvgIpc) is 2.69. The number of hydrogen-bond acceptors (Lipinski definition) is 7. The fraction of sp³-hybridized carbons (Fsp3) is 0.583. The molecule has 0 heterocycles. The molecule has 11 heteroatoms. The molecule has 3 amide bonds. The van der Waals surface area contributed by atoms with Crippen LogP contribution in [0, 0.1) is 5.92 Å². The van der Waals surface area contributed by atoms with E-state index >= 15 is 0 Å². The molecule has 3 N–H and O–H groups in total. The van der Waals surface area contributed by atoms with E-state index in [1.165, 1.54) is 14.2 Å². The molecule has 35 heavy (non-hydrogen) atoms. The highest BCUT2D eigenvalue weighted by atomic mass is 16.7. The molecule has 0 bridgehead atoms. The predicted octanol–water partition coefficient (Wildman–Crippen LogP) is 3.09. The number of nitrogens with one attached hydrogen (secondary N) is 2. The summed E-state index contributed by atoms with van der Waals surface area (Å²) in [4.78, 5) is 56.1. The molecule has 0 spiro atoms. The van der Waals surface area contributed by atoms with Crippen molar-refractivity contribution in [2.75, 3.05) is 14.2 Å². The van der Waals surface area contributed by atoms with Gasteiger partial charge in [0.15, 0.2) is 0 Å². The van der Waals surface area contributed by atoms with Gasteiger partial charge in [0.05, 0.1) is 7.11 Å². The first-order valence-corrected chi connectivity index (χ1v) is 11.1. The molecule has 196 valence electrons. The molecule has 0 saturated heterocycles. The molecule has 1 unspecified atom stereocenters.